The molecule has 0 bridgehead atoms. The number of aliphatic hydroxyl groups is 1. The number of hydrogen-bond donors (Lipinski definition) is 2. The second-order valence-electron chi connectivity index (χ2n) is 6.52. The molecule has 0 fully saturated rings. The molecule has 0 aliphatic rings. The third kappa shape index (κ3) is 12.2. The van der Waals surface area contributed by atoms with E-state index in [4.69, 9.17) is 19.3 Å². The van der Waals surface area contributed by atoms with Gasteiger partial charge in [-0.05, 0) is 19.3 Å². The topological polar surface area (TPSA) is 85.2 Å². The highest BCUT2D eigenvalue weighted by Gasteiger charge is 2.59. The Labute approximate surface area is 159 Å². The van der Waals surface area contributed by atoms with Gasteiger partial charge in [-0.15, -0.1) is 0 Å². The smallest absolute Gasteiger partial charge is 0.428 e. The van der Waals surface area contributed by atoms with Crippen molar-refractivity contribution in [2.45, 2.75) is 76.0 Å². The minimum Gasteiger partial charge on any atom is -0.479 e. The molecule has 1 unspecified atom stereocenters. The first-order valence-electron chi connectivity index (χ1n) is 9.42. The van der Waals surface area contributed by atoms with Crippen LogP contribution in [0.5, 0.6) is 0 Å². The number of ether oxygens (including phenoxy) is 3. The summed E-state index contributed by atoms with van der Waals surface area (Å²) in [5.41, 5.74) is -3.64. The van der Waals surface area contributed by atoms with Crippen molar-refractivity contribution in [2.24, 2.45) is 0 Å². The van der Waals surface area contributed by atoms with Gasteiger partial charge in [0.05, 0.1) is 13.2 Å². The maximum atomic E-state index is 12.6. The summed E-state index contributed by atoms with van der Waals surface area (Å²) in [6.07, 6.45) is 1.29. The van der Waals surface area contributed by atoms with Crippen LogP contribution in [0, 0.1) is 0 Å². The zero-order chi connectivity index (χ0) is 20.6. The van der Waals surface area contributed by atoms with E-state index >= 15 is 0 Å². The van der Waals surface area contributed by atoms with E-state index in [2.05, 4.69) is 0 Å². The number of alkyl halides is 3. The van der Waals surface area contributed by atoms with Crippen LogP contribution >= 0.6 is 0 Å². The summed E-state index contributed by atoms with van der Waals surface area (Å²) in [5, 5.41) is 17.9. The number of carboxylic acids is 1. The number of halogens is 3. The lowest BCUT2D eigenvalue weighted by Crippen LogP contribution is -2.51. The number of rotatable bonds is 18. The van der Waals surface area contributed by atoms with Crippen molar-refractivity contribution in [2.75, 3.05) is 33.7 Å². The first-order valence-corrected chi connectivity index (χ1v) is 9.42. The number of unbranched alkanes of at least 4 members (excludes halogenated alkanes) is 8. The van der Waals surface area contributed by atoms with Crippen LogP contribution in [0.1, 0.15) is 64.2 Å². The fraction of sp³-hybridized carbons (Fsp3) is 0.944. The monoisotopic (exact) mass is 402 g/mol. The normalized spacial score (nSPS) is 14.3. The molecule has 162 valence electrons. The number of aliphatic carboxylic acids is 1. The van der Waals surface area contributed by atoms with Gasteiger partial charge in [0, 0.05) is 13.7 Å². The largest absolute Gasteiger partial charge is 0.479 e. The zero-order valence-corrected chi connectivity index (χ0v) is 16.1. The van der Waals surface area contributed by atoms with Crippen LogP contribution in [0.4, 0.5) is 13.2 Å². The van der Waals surface area contributed by atoms with Crippen LogP contribution in [0.25, 0.3) is 0 Å². The van der Waals surface area contributed by atoms with E-state index in [-0.39, 0.29) is 13.2 Å². The minimum atomic E-state index is -5.15. The van der Waals surface area contributed by atoms with Gasteiger partial charge in [0.15, 0.2) is 0 Å². The van der Waals surface area contributed by atoms with Gasteiger partial charge in [-0.2, -0.15) is 13.2 Å². The molecule has 0 aromatic carbocycles. The molecule has 0 aliphatic heterocycles. The molecule has 0 aromatic heterocycles. The highest BCUT2D eigenvalue weighted by atomic mass is 19.4. The molecule has 6 nitrogen and oxygen atoms in total. The Kier molecular flexibility index (Phi) is 14.6. The second-order valence-corrected chi connectivity index (χ2v) is 6.52. The summed E-state index contributed by atoms with van der Waals surface area (Å²) in [4.78, 5) is 10.7. The Morgan fingerprint density at radius 3 is 1.78 bits per heavy atom. The lowest BCUT2D eigenvalue weighted by Gasteiger charge is -2.25. The van der Waals surface area contributed by atoms with E-state index in [1.165, 1.54) is 0 Å². The highest BCUT2D eigenvalue weighted by molar-refractivity contribution is 5.78. The van der Waals surface area contributed by atoms with Crippen molar-refractivity contribution in [3.63, 3.8) is 0 Å². The summed E-state index contributed by atoms with van der Waals surface area (Å²) in [7, 11) is 1.61. The molecule has 0 spiro atoms. The Morgan fingerprint density at radius 1 is 0.815 bits per heavy atom. The van der Waals surface area contributed by atoms with Gasteiger partial charge in [-0.25, -0.2) is 4.79 Å². The molecule has 1 atom stereocenters. The predicted molar refractivity (Wildman–Crippen MR) is 93.5 cm³/mol. The zero-order valence-electron chi connectivity index (χ0n) is 16.1. The van der Waals surface area contributed by atoms with E-state index < -0.39 is 24.2 Å². The van der Waals surface area contributed by atoms with Crippen LogP contribution in [0.15, 0.2) is 0 Å². The van der Waals surface area contributed by atoms with Gasteiger partial charge >= 0.3 is 12.1 Å². The lowest BCUT2D eigenvalue weighted by atomic mass is 9.95. The summed E-state index contributed by atoms with van der Waals surface area (Å²) < 4.78 is 53.1. The Hall–Kier alpha value is -0.900. The number of carboxylic acid groups (broad SMARTS) is 1. The Bertz CT molecular complexity index is 379. The van der Waals surface area contributed by atoms with Gasteiger partial charge in [0.25, 0.3) is 5.60 Å². The van der Waals surface area contributed by atoms with Gasteiger partial charge in [-0.1, -0.05) is 44.9 Å². The fourth-order valence-electron chi connectivity index (χ4n) is 2.51. The first-order chi connectivity index (χ1) is 12.8. The fourth-order valence-corrected chi connectivity index (χ4v) is 2.51. The first kappa shape index (κ1) is 26.1. The average molecular weight is 402 g/mol. The highest BCUT2D eigenvalue weighted by Crippen LogP contribution is 2.35. The molecule has 27 heavy (non-hydrogen) atoms. The average Bonchev–Trinajstić information content (AvgIpc) is 2.60. The Balaban J connectivity index is 3.44. The van der Waals surface area contributed by atoms with Gasteiger partial charge in [0.2, 0.25) is 0 Å². The molecule has 0 amide bonds. The van der Waals surface area contributed by atoms with Gasteiger partial charge in [-0.3, -0.25) is 0 Å². The minimum absolute atomic E-state index is 0.0338. The molecular weight excluding hydrogens is 369 g/mol. The molecule has 0 radical (unpaired) electrons. The van der Waals surface area contributed by atoms with Crippen LogP contribution < -0.4 is 0 Å². The Morgan fingerprint density at radius 2 is 1.30 bits per heavy atom. The van der Waals surface area contributed by atoms with Gasteiger partial charge < -0.3 is 24.4 Å². The van der Waals surface area contributed by atoms with Crippen molar-refractivity contribution >= 4 is 5.97 Å². The number of carbonyl (C=O) groups is 1. The van der Waals surface area contributed by atoms with Crippen molar-refractivity contribution in [3.8, 4) is 0 Å². The SMILES string of the molecule is COCCOCOCCCCCCCCCCCC(O)(C(=O)O)C(F)(F)F. The third-order valence-electron chi connectivity index (χ3n) is 4.25. The molecule has 9 heteroatoms. The predicted octanol–water partition coefficient (Wildman–Crippen LogP) is 3.90. The van der Waals surface area contributed by atoms with Crippen LogP contribution in [-0.4, -0.2) is 61.7 Å². The molecule has 0 saturated heterocycles. The molecule has 0 heterocycles. The standard InChI is InChI=1S/C18H33F3O6/c1-25-13-14-27-15-26-12-10-8-6-4-2-3-5-7-9-11-17(24,16(22)23)18(19,20)21/h24H,2-15H2,1H3,(H,22,23). The number of methoxy groups -OCH3 is 1. The molecular formula is C18H33F3O6. The third-order valence-corrected chi connectivity index (χ3v) is 4.25. The molecule has 0 saturated carbocycles. The number of hydrogen-bond acceptors (Lipinski definition) is 5. The van der Waals surface area contributed by atoms with Crippen molar-refractivity contribution in [3.05, 3.63) is 0 Å². The van der Waals surface area contributed by atoms with Crippen LogP contribution in [0.2, 0.25) is 0 Å². The summed E-state index contributed by atoms with van der Waals surface area (Å²) in [6.45, 7) is 1.99. The lowest BCUT2D eigenvalue weighted by molar-refractivity contribution is -0.262. The van der Waals surface area contributed by atoms with E-state index in [0.717, 1.165) is 44.9 Å². The van der Waals surface area contributed by atoms with Crippen molar-refractivity contribution < 1.29 is 42.4 Å². The van der Waals surface area contributed by atoms with E-state index in [1.54, 1.807) is 7.11 Å². The van der Waals surface area contributed by atoms with Crippen LogP contribution in [0.3, 0.4) is 0 Å². The maximum Gasteiger partial charge on any atom is 0.428 e. The molecule has 2 N–H and O–H groups in total. The summed E-state index contributed by atoms with van der Waals surface area (Å²) in [5.74, 6) is -2.24. The molecule has 0 aliphatic carbocycles. The second kappa shape index (κ2) is 15.1. The quantitative estimate of drug-likeness (QED) is 0.267. The van der Waals surface area contributed by atoms with Gasteiger partial charge in [0.1, 0.15) is 6.79 Å². The van der Waals surface area contributed by atoms with E-state index in [9.17, 15) is 23.1 Å². The van der Waals surface area contributed by atoms with E-state index in [1.807, 2.05) is 0 Å². The molecule has 0 rings (SSSR count). The van der Waals surface area contributed by atoms with Crippen molar-refractivity contribution in [1.29, 1.82) is 0 Å². The molecule has 0 aromatic rings. The van der Waals surface area contributed by atoms with E-state index in [0.29, 0.717) is 26.2 Å². The van der Waals surface area contributed by atoms with Crippen LogP contribution in [-0.2, 0) is 19.0 Å². The summed E-state index contributed by atoms with van der Waals surface area (Å²) in [6, 6.07) is 0. The maximum absolute atomic E-state index is 12.6. The van der Waals surface area contributed by atoms with Crippen molar-refractivity contribution in [1.82, 2.24) is 0 Å². The summed E-state index contributed by atoms with van der Waals surface area (Å²) >= 11 is 0.